The van der Waals surface area contributed by atoms with Crippen LogP contribution in [0.15, 0.2) is 18.5 Å². The molecule has 0 spiro atoms. The van der Waals surface area contributed by atoms with Crippen LogP contribution in [0.1, 0.15) is 44.7 Å². The summed E-state index contributed by atoms with van der Waals surface area (Å²) in [5.41, 5.74) is 1.40. The molecule has 1 rings (SSSR count). The Balaban J connectivity index is 2.40. The smallest absolute Gasteiger partial charge is 0.0462 e. The van der Waals surface area contributed by atoms with Crippen LogP contribution in [-0.2, 0) is 11.3 Å². The van der Waals surface area contributed by atoms with E-state index in [0.717, 1.165) is 32.5 Å². The Morgan fingerprint density at radius 3 is 2.82 bits per heavy atom. The van der Waals surface area contributed by atoms with Gasteiger partial charge in [-0.1, -0.05) is 13.8 Å². The first-order valence-corrected chi connectivity index (χ1v) is 6.69. The molecule has 98 valence electrons. The number of aromatic nitrogens is 1. The van der Waals surface area contributed by atoms with E-state index in [2.05, 4.69) is 42.2 Å². The zero-order valence-corrected chi connectivity index (χ0v) is 11.4. The van der Waals surface area contributed by atoms with Crippen LogP contribution in [0.2, 0.25) is 0 Å². The Morgan fingerprint density at radius 1 is 1.35 bits per heavy atom. The van der Waals surface area contributed by atoms with Gasteiger partial charge in [-0.15, -0.1) is 0 Å². The molecule has 17 heavy (non-hydrogen) atoms. The van der Waals surface area contributed by atoms with Crippen molar-refractivity contribution in [2.75, 3.05) is 20.3 Å². The lowest BCUT2D eigenvalue weighted by Crippen LogP contribution is -2.19. The first-order chi connectivity index (χ1) is 8.31. The average Bonchev–Trinajstić information content (AvgIpc) is 2.80. The molecule has 1 heterocycles. The summed E-state index contributed by atoms with van der Waals surface area (Å²) in [4.78, 5) is 0. The lowest BCUT2D eigenvalue weighted by atomic mass is 10.1. The van der Waals surface area contributed by atoms with Crippen molar-refractivity contribution < 1.29 is 4.74 Å². The molecule has 0 radical (unpaired) electrons. The fourth-order valence-electron chi connectivity index (χ4n) is 2.09. The number of unbranched alkanes of at least 4 members (excludes halogenated alkanes) is 1. The second-order valence-corrected chi connectivity index (χ2v) is 4.40. The number of hydrogen-bond donors (Lipinski definition) is 1. The van der Waals surface area contributed by atoms with Gasteiger partial charge < -0.3 is 14.6 Å². The van der Waals surface area contributed by atoms with E-state index in [0.29, 0.717) is 6.04 Å². The van der Waals surface area contributed by atoms with Crippen molar-refractivity contribution in [2.24, 2.45) is 0 Å². The van der Waals surface area contributed by atoms with Crippen LogP contribution in [0.5, 0.6) is 0 Å². The van der Waals surface area contributed by atoms with Crippen molar-refractivity contribution in [3.63, 3.8) is 0 Å². The molecule has 3 nitrogen and oxygen atoms in total. The van der Waals surface area contributed by atoms with Gasteiger partial charge in [-0.2, -0.15) is 0 Å². The fraction of sp³-hybridized carbons (Fsp3) is 0.714. The molecule has 3 heteroatoms. The quantitative estimate of drug-likeness (QED) is 0.669. The average molecular weight is 238 g/mol. The van der Waals surface area contributed by atoms with Crippen LogP contribution in [-0.4, -0.2) is 24.8 Å². The molecule has 0 aliphatic heterocycles. The van der Waals surface area contributed by atoms with E-state index >= 15 is 0 Å². The molecule has 0 amide bonds. The van der Waals surface area contributed by atoms with Crippen LogP contribution in [0.3, 0.4) is 0 Å². The van der Waals surface area contributed by atoms with Crippen molar-refractivity contribution in [3.8, 4) is 0 Å². The molecule has 0 aromatic carbocycles. The third kappa shape index (κ3) is 4.92. The molecular formula is C14H26N2O. The minimum atomic E-state index is 0.500. The highest BCUT2D eigenvalue weighted by molar-refractivity contribution is 5.15. The second-order valence-electron chi connectivity index (χ2n) is 4.40. The summed E-state index contributed by atoms with van der Waals surface area (Å²) < 4.78 is 7.34. The Morgan fingerprint density at radius 2 is 2.18 bits per heavy atom. The van der Waals surface area contributed by atoms with E-state index in [9.17, 15) is 0 Å². The molecule has 0 saturated carbocycles. The second kappa shape index (κ2) is 8.31. The van der Waals surface area contributed by atoms with Gasteiger partial charge in [0.15, 0.2) is 0 Å². The summed E-state index contributed by atoms with van der Waals surface area (Å²) in [7, 11) is 1.76. The monoisotopic (exact) mass is 238 g/mol. The molecule has 1 atom stereocenters. The Labute approximate surface area is 105 Å². The minimum Gasteiger partial charge on any atom is -0.385 e. The molecule has 0 aliphatic rings. The fourth-order valence-corrected chi connectivity index (χ4v) is 2.09. The van der Waals surface area contributed by atoms with E-state index in [1.807, 2.05) is 0 Å². The van der Waals surface area contributed by atoms with Crippen LogP contribution < -0.4 is 5.32 Å². The van der Waals surface area contributed by atoms with E-state index in [-0.39, 0.29) is 0 Å². The molecule has 1 aromatic rings. The van der Waals surface area contributed by atoms with Gasteiger partial charge in [-0.3, -0.25) is 0 Å². The highest BCUT2D eigenvalue weighted by Gasteiger charge is 2.08. The Bertz CT molecular complexity index is 296. The number of rotatable bonds is 9. The van der Waals surface area contributed by atoms with E-state index in [4.69, 9.17) is 4.74 Å². The van der Waals surface area contributed by atoms with Crippen LogP contribution >= 0.6 is 0 Å². The van der Waals surface area contributed by atoms with Gasteiger partial charge in [0.25, 0.3) is 0 Å². The lowest BCUT2D eigenvalue weighted by molar-refractivity contribution is 0.191. The normalized spacial score (nSPS) is 12.9. The Kier molecular flexibility index (Phi) is 6.97. The van der Waals surface area contributed by atoms with Crippen molar-refractivity contribution in [1.82, 2.24) is 9.88 Å². The topological polar surface area (TPSA) is 26.2 Å². The number of nitrogens with zero attached hydrogens (tertiary/aromatic N) is 1. The van der Waals surface area contributed by atoms with Gasteiger partial charge >= 0.3 is 0 Å². The summed E-state index contributed by atoms with van der Waals surface area (Å²) in [6.45, 7) is 7.36. The van der Waals surface area contributed by atoms with Crippen molar-refractivity contribution in [1.29, 1.82) is 0 Å². The first-order valence-electron chi connectivity index (χ1n) is 6.69. The van der Waals surface area contributed by atoms with Crippen molar-refractivity contribution in [2.45, 2.75) is 45.7 Å². The molecule has 0 aliphatic carbocycles. The molecule has 0 fully saturated rings. The predicted octanol–water partition coefficient (Wildman–Crippen LogP) is 2.98. The maximum absolute atomic E-state index is 5.05. The third-order valence-corrected chi connectivity index (χ3v) is 3.05. The number of hydrogen-bond acceptors (Lipinski definition) is 2. The molecule has 1 unspecified atom stereocenters. The molecule has 0 bridgehead atoms. The van der Waals surface area contributed by atoms with Crippen molar-refractivity contribution in [3.05, 3.63) is 24.0 Å². The van der Waals surface area contributed by atoms with Crippen molar-refractivity contribution >= 4 is 0 Å². The number of nitrogens with one attached hydrogen (secondary N) is 1. The molecular weight excluding hydrogens is 212 g/mol. The molecule has 0 saturated heterocycles. The highest BCUT2D eigenvalue weighted by Crippen LogP contribution is 2.16. The van der Waals surface area contributed by atoms with Gasteiger partial charge in [0.05, 0.1) is 0 Å². The third-order valence-electron chi connectivity index (χ3n) is 3.05. The van der Waals surface area contributed by atoms with Gasteiger partial charge in [-0.25, -0.2) is 0 Å². The largest absolute Gasteiger partial charge is 0.385 e. The molecule has 1 N–H and O–H groups in total. The summed E-state index contributed by atoms with van der Waals surface area (Å²) in [6.07, 6.45) is 7.90. The van der Waals surface area contributed by atoms with E-state index < -0.39 is 0 Å². The maximum atomic E-state index is 5.05. The summed E-state index contributed by atoms with van der Waals surface area (Å²) in [5, 5.41) is 3.50. The van der Waals surface area contributed by atoms with Crippen LogP contribution in [0, 0.1) is 0 Å². The Hall–Kier alpha value is -0.800. The number of ether oxygens (including phenoxy) is 1. The lowest BCUT2D eigenvalue weighted by Gasteiger charge is -2.13. The minimum absolute atomic E-state index is 0.500. The van der Waals surface area contributed by atoms with E-state index in [1.54, 1.807) is 7.11 Å². The summed E-state index contributed by atoms with van der Waals surface area (Å²) >= 11 is 0. The maximum Gasteiger partial charge on any atom is 0.0462 e. The number of aryl methyl sites for hydroxylation is 1. The van der Waals surface area contributed by atoms with Gasteiger partial charge in [0, 0.05) is 38.7 Å². The van der Waals surface area contributed by atoms with Crippen LogP contribution in [0.4, 0.5) is 0 Å². The predicted molar refractivity (Wildman–Crippen MR) is 72.3 cm³/mol. The standard InChI is InChI=1S/C14H26N2O/c1-4-14(15-5-2)13-8-10-16(12-13)9-6-7-11-17-3/h8,10,12,14-15H,4-7,9,11H2,1-3H3. The molecule has 1 aromatic heterocycles. The van der Waals surface area contributed by atoms with E-state index in [1.165, 1.54) is 12.0 Å². The van der Waals surface area contributed by atoms with Gasteiger partial charge in [0.2, 0.25) is 0 Å². The summed E-state index contributed by atoms with van der Waals surface area (Å²) in [5.74, 6) is 0. The number of methoxy groups -OCH3 is 1. The SMILES string of the molecule is CCNC(CC)c1ccn(CCCCOC)c1. The zero-order chi connectivity index (χ0) is 12.5. The summed E-state index contributed by atoms with van der Waals surface area (Å²) in [6, 6.07) is 2.73. The van der Waals surface area contributed by atoms with Crippen LogP contribution in [0.25, 0.3) is 0 Å². The first kappa shape index (κ1) is 14.3. The zero-order valence-electron chi connectivity index (χ0n) is 11.4. The van der Waals surface area contributed by atoms with Gasteiger partial charge in [-0.05, 0) is 37.4 Å². The highest BCUT2D eigenvalue weighted by atomic mass is 16.5. The van der Waals surface area contributed by atoms with Gasteiger partial charge in [0.1, 0.15) is 0 Å².